The van der Waals surface area contributed by atoms with Crippen molar-refractivity contribution in [2.75, 3.05) is 13.1 Å². The molecule has 0 bridgehead atoms. The highest BCUT2D eigenvalue weighted by Gasteiger charge is 2.41. The van der Waals surface area contributed by atoms with Gasteiger partial charge in [-0.2, -0.15) is 0 Å². The zero-order valence-corrected chi connectivity index (χ0v) is 21.5. The van der Waals surface area contributed by atoms with Crippen LogP contribution < -0.4 is 10.5 Å². The molecule has 3 aromatic carbocycles. The molecule has 6 nitrogen and oxygen atoms in total. The average Bonchev–Trinajstić information content (AvgIpc) is 3.53. The lowest BCUT2D eigenvalue weighted by Crippen LogP contribution is -2.15. The normalized spacial score (nSPS) is 17.9. The molecule has 1 aliphatic heterocycles. The van der Waals surface area contributed by atoms with Gasteiger partial charge < -0.3 is 15.4 Å². The molecule has 194 valence electrons. The quantitative estimate of drug-likeness (QED) is 0.324. The van der Waals surface area contributed by atoms with Crippen LogP contribution in [0.3, 0.4) is 0 Å². The topological polar surface area (TPSA) is 85.5 Å². The summed E-state index contributed by atoms with van der Waals surface area (Å²) in [6, 6.07) is 28.6. The van der Waals surface area contributed by atoms with Crippen molar-refractivity contribution in [1.29, 1.82) is 0 Å². The minimum Gasteiger partial charge on any atom is -0.489 e. The van der Waals surface area contributed by atoms with E-state index < -0.39 is 0 Å². The van der Waals surface area contributed by atoms with Crippen molar-refractivity contribution in [3.63, 3.8) is 0 Å². The molecule has 2 unspecified atom stereocenters. The highest BCUT2D eigenvalue weighted by atomic mass is 16.5. The predicted octanol–water partition coefficient (Wildman–Crippen LogP) is 5.38. The number of aromatic nitrogens is 1. The molecular formula is C32H33N3O3. The van der Waals surface area contributed by atoms with Gasteiger partial charge >= 0.3 is 0 Å². The summed E-state index contributed by atoms with van der Waals surface area (Å²) in [6.07, 6.45) is 5.11. The number of likely N-dealkylation sites (tertiary alicyclic amines) is 1. The molecule has 2 aliphatic rings. The van der Waals surface area contributed by atoms with E-state index >= 15 is 0 Å². The summed E-state index contributed by atoms with van der Waals surface area (Å²) < 4.78 is 6.12. The molecule has 2 atom stereocenters. The number of pyridine rings is 1. The number of nitrogens with two attached hydrogens (primary N) is 1. The lowest BCUT2D eigenvalue weighted by molar-refractivity contribution is -0.119. The van der Waals surface area contributed by atoms with Crippen LogP contribution in [-0.2, 0) is 22.6 Å². The fourth-order valence-electron chi connectivity index (χ4n) is 4.98. The molecule has 1 saturated heterocycles. The number of hydrogen-bond donors (Lipinski definition) is 1. The summed E-state index contributed by atoms with van der Waals surface area (Å²) in [7, 11) is 0. The summed E-state index contributed by atoms with van der Waals surface area (Å²) >= 11 is 0. The monoisotopic (exact) mass is 507 g/mol. The molecule has 2 fully saturated rings. The van der Waals surface area contributed by atoms with E-state index in [0.717, 1.165) is 65.8 Å². The van der Waals surface area contributed by atoms with E-state index in [2.05, 4.69) is 36.4 Å². The van der Waals surface area contributed by atoms with E-state index in [1.165, 1.54) is 18.4 Å². The summed E-state index contributed by atoms with van der Waals surface area (Å²) in [5.74, 6) is 1.09. The molecule has 1 aliphatic carbocycles. The first-order valence-electron chi connectivity index (χ1n) is 13.2. The van der Waals surface area contributed by atoms with Crippen LogP contribution in [0.2, 0.25) is 0 Å². The van der Waals surface area contributed by atoms with Gasteiger partial charge in [0, 0.05) is 35.5 Å². The van der Waals surface area contributed by atoms with Crippen LogP contribution in [0, 0.1) is 11.8 Å². The molecule has 0 radical (unpaired) electrons. The first kappa shape index (κ1) is 25.5. The molecule has 6 heteroatoms. The van der Waals surface area contributed by atoms with E-state index in [9.17, 15) is 9.59 Å². The Morgan fingerprint density at radius 1 is 0.974 bits per heavy atom. The fraction of sp³-hybridized carbons (Fsp3) is 0.281. The molecule has 6 rings (SSSR count). The maximum atomic E-state index is 11.2. The van der Waals surface area contributed by atoms with Crippen molar-refractivity contribution in [3.05, 3.63) is 96.1 Å². The van der Waals surface area contributed by atoms with E-state index in [1.54, 1.807) is 4.90 Å². The smallest absolute Gasteiger partial charge is 0.220 e. The third-order valence-electron chi connectivity index (χ3n) is 7.26. The Hall–Kier alpha value is -4.19. The number of carbonyl (C=O) groups is 2. The van der Waals surface area contributed by atoms with Crippen LogP contribution in [-0.4, -0.2) is 35.3 Å². The first-order valence-corrected chi connectivity index (χ1v) is 13.2. The molecule has 38 heavy (non-hydrogen) atoms. The second-order valence-corrected chi connectivity index (χ2v) is 10.0. The summed E-state index contributed by atoms with van der Waals surface area (Å²) in [6.45, 7) is 2.42. The predicted molar refractivity (Wildman–Crippen MR) is 149 cm³/mol. The molecule has 1 saturated carbocycles. The number of fused-ring (bicyclic) bond motifs is 1. The highest BCUT2D eigenvalue weighted by Crippen LogP contribution is 2.40. The van der Waals surface area contributed by atoms with Crippen LogP contribution in [0.15, 0.2) is 84.9 Å². The number of amides is 2. The Kier molecular flexibility index (Phi) is 7.98. The molecule has 1 aromatic heterocycles. The number of para-hydroxylation sites is 1. The second kappa shape index (κ2) is 11.9. The summed E-state index contributed by atoms with van der Waals surface area (Å²) in [5.41, 5.74) is 10.7. The van der Waals surface area contributed by atoms with Gasteiger partial charge in [-0.3, -0.25) is 9.59 Å². The lowest BCUT2D eigenvalue weighted by atomic mass is 10.0. The largest absolute Gasteiger partial charge is 0.489 e. The third kappa shape index (κ3) is 6.38. The Balaban J connectivity index is 0.000000366. The van der Waals surface area contributed by atoms with Crippen molar-refractivity contribution in [3.8, 4) is 17.0 Å². The average molecular weight is 508 g/mol. The van der Waals surface area contributed by atoms with E-state index in [4.69, 9.17) is 15.5 Å². The molecule has 2 heterocycles. The number of benzene rings is 3. The van der Waals surface area contributed by atoms with Crippen molar-refractivity contribution in [2.45, 2.75) is 32.3 Å². The van der Waals surface area contributed by atoms with Gasteiger partial charge in [0.1, 0.15) is 12.4 Å². The molecule has 4 aromatic rings. The maximum absolute atomic E-state index is 11.2. The summed E-state index contributed by atoms with van der Waals surface area (Å²) in [5, 5.41) is 1.10. The van der Waals surface area contributed by atoms with Crippen LogP contribution in [0.1, 0.15) is 30.4 Å². The fourth-order valence-corrected chi connectivity index (χ4v) is 4.98. The molecule has 2 amide bonds. The molecular weight excluding hydrogens is 474 g/mol. The van der Waals surface area contributed by atoms with Gasteiger partial charge in [-0.05, 0) is 61.4 Å². The van der Waals surface area contributed by atoms with Gasteiger partial charge in [-0.25, -0.2) is 4.98 Å². The highest BCUT2D eigenvalue weighted by molar-refractivity contribution is 5.85. The minimum atomic E-state index is -0.176. The third-order valence-corrected chi connectivity index (χ3v) is 7.26. The number of carbonyl (C=O) groups excluding carboxylic acids is 2. The zero-order valence-electron chi connectivity index (χ0n) is 21.5. The van der Waals surface area contributed by atoms with Crippen molar-refractivity contribution in [2.24, 2.45) is 17.6 Å². The number of nitrogens with zero attached hydrogens (tertiary/aromatic N) is 2. The van der Waals surface area contributed by atoms with Crippen LogP contribution in [0.25, 0.3) is 22.2 Å². The minimum absolute atomic E-state index is 0.0507. The van der Waals surface area contributed by atoms with Crippen molar-refractivity contribution < 1.29 is 14.3 Å². The van der Waals surface area contributed by atoms with Gasteiger partial charge in [0.05, 0.1) is 11.2 Å². The van der Waals surface area contributed by atoms with E-state index in [0.29, 0.717) is 12.5 Å². The second-order valence-electron chi connectivity index (χ2n) is 10.0. The molecule has 0 spiro atoms. The standard InChI is InChI=1S/C27H24N2O2.C5H9NO/c28-27(30)24-15-20(24)14-18-10-12-22(13-11-18)31-17-21-16-26(19-6-2-1-3-7-19)29-25-9-5-4-8-23(21)25;7-5-6-3-1-2-4-6/h1-13,16,20,24H,14-15,17H2,(H2,28,30);5H,1-4H2. The lowest BCUT2D eigenvalue weighted by Gasteiger charge is -2.12. The van der Waals surface area contributed by atoms with Gasteiger partial charge in [-0.1, -0.05) is 60.7 Å². The summed E-state index contributed by atoms with van der Waals surface area (Å²) in [4.78, 5) is 27.8. The van der Waals surface area contributed by atoms with Gasteiger partial charge in [0.25, 0.3) is 0 Å². The Morgan fingerprint density at radius 3 is 2.34 bits per heavy atom. The Morgan fingerprint density at radius 2 is 1.68 bits per heavy atom. The van der Waals surface area contributed by atoms with Crippen LogP contribution in [0.4, 0.5) is 0 Å². The first-order chi connectivity index (χ1) is 18.6. The van der Waals surface area contributed by atoms with Gasteiger partial charge in [-0.15, -0.1) is 0 Å². The SMILES string of the molecule is NC(=O)C1CC1Cc1ccc(OCc2cc(-c3ccccc3)nc3ccccc23)cc1.O=CN1CCCC1. The van der Waals surface area contributed by atoms with Crippen molar-refractivity contribution in [1.82, 2.24) is 9.88 Å². The van der Waals surface area contributed by atoms with Crippen LogP contribution in [0.5, 0.6) is 5.75 Å². The van der Waals surface area contributed by atoms with E-state index in [1.807, 2.05) is 48.5 Å². The number of ether oxygens (including phenoxy) is 1. The van der Waals surface area contributed by atoms with Crippen molar-refractivity contribution >= 4 is 23.2 Å². The number of rotatable bonds is 8. The Labute approximate surface area is 223 Å². The number of hydrogen-bond acceptors (Lipinski definition) is 4. The molecule has 2 N–H and O–H groups in total. The van der Waals surface area contributed by atoms with Crippen LogP contribution >= 0.6 is 0 Å². The zero-order chi connectivity index (χ0) is 26.3. The maximum Gasteiger partial charge on any atom is 0.220 e. The van der Waals surface area contributed by atoms with Gasteiger partial charge in [0.2, 0.25) is 12.3 Å². The van der Waals surface area contributed by atoms with E-state index in [-0.39, 0.29) is 11.8 Å². The Bertz CT molecular complexity index is 1380. The number of primary amides is 1. The van der Waals surface area contributed by atoms with Gasteiger partial charge in [0.15, 0.2) is 0 Å².